The first-order valence-electron chi connectivity index (χ1n) is 10.1. The van der Waals surface area contributed by atoms with Gasteiger partial charge in [-0.1, -0.05) is 91.0 Å². The minimum absolute atomic E-state index is 0.284. The molecule has 4 aromatic carbocycles. The fourth-order valence-electron chi connectivity index (χ4n) is 4.56. The summed E-state index contributed by atoms with van der Waals surface area (Å²) in [7, 11) is 0. The van der Waals surface area contributed by atoms with E-state index < -0.39 is 34.2 Å². The van der Waals surface area contributed by atoms with Gasteiger partial charge in [0.25, 0.3) is 0 Å². The zero-order valence-corrected chi connectivity index (χ0v) is 16.7. The molecule has 1 aromatic heterocycles. The highest BCUT2D eigenvalue weighted by Gasteiger charge is 2.41. The van der Waals surface area contributed by atoms with E-state index in [1.165, 1.54) is 6.20 Å². The molecule has 0 aliphatic rings. The quantitative estimate of drug-likeness (QED) is 0.135. The van der Waals surface area contributed by atoms with Gasteiger partial charge in [-0.05, 0) is 22.3 Å². The van der Waals surface area contributed by atoms with Crippen LogP contribution < -0.4 is 0 Å². The number of H-pyrrole nitrogens is 1. The Morgan fingerprint density at radius 1 is 0.500 bits per heavy atom. The van der Waals surface area contributed by atoms with E-state index in [4.69, 9.17) is 0 Å². The van der Waals surface area contributed by atoms with Crippen LogP contribution in [0.25, 0.3) is 10.9 Å². The predicted molar refractivity (Wildman–Crippen MR) is 116 cm³/mol. The number of hydrogen-bond donors (Lipinski definition) is 1. The topological polar surface area (TPSA) is 15.8 Å². The molecule has 1 heterocycles. The van der Waals surface area contributed by atoms with Crippen molar-refractivity contribution in [2.24, 2.45) is 0 Å². The van der Waals surface area contributed by atoms with Gasteiger partial charge in [0.15, 0.2) is 23.3 Å². The van der Waals surface area contributed by atoms with Crippen LogP contribution in [0.5, 0.6) is 0 Å². The lowest BCUT2D eigenvalue weighted by atomic mass is 9.65. The van der Waals surface area contributed by atoms with E-state index in [1.807, 2.05) is 91.0 Å². The molecule has 0 fully saturated rings. The maximum absolute atomic E-state index is 15.2. The van der Waals surface area contributed by atoms with E-state index in [9.17, 15) is 13.2 Å². The van der Waals surface area contributed by atoms with Crippen molar-refractivity contribution in [2.75, 3.05) is 0 Å². The van der Waals surface area contributed by atoms with Crippen molar-refractivity contribution in [3.05, 3.63) is 143 Å². The van der Waals surface area contributed by atoms with Crippen LogP contribution >= 0.6 is 0 Å². The smallest absolute Gasteiger partial charge is 0.199 e. The highest BCUT2D eigenvalue weighted by molar-refractivity contribution is 5.88. The number of halogens is 4. The standard InChI is InChI=1S/C27H17F4N/c28-22-21-20(16-32-26(21)25(31)24(30)23(22)29)27(17-10-4-1-5-11-17,18-12-6-2-7-13-18)19-14-8-3-9-15-19/h1-16,32H. The van der Waals surface area contributed by atoms with E-state index in [-0.39, 0.29) is 10.9 Å². The van der Waals surface area contributed by atoms with Crippen molar-refractivity contribution in [3.63, 3.8) is 0 Å². The summed E-state index contributed by atoms with van der Waals surface area (Å²) in [5.41, 5.74) is 1.04. The summed E-state index contributed by atoms with van der Waals surface area (Å²) in [5.74, 6) is -6.55. The average Bonchev–Trinajstić information content (AvgIpc) is 3.30. The predicted octanol–water partition coefficient (Wildman–Crippen LogP) is 7.11. The Morgan fingerprint density at radius 3 is 1.34 bits per heavy atom. The fraction of sp³-hybridized carbons (Fsp3) is 0.0370. The second-order valence-electron chi connectivity index (χ2n) is 7.56. The molecule has 5 aromatic rings. The third kappa shape index (κ3) is 2.78. The summed E-state index contributed by atoms with van der Waals surface area (Å²) in [4.78, 5) is 2.66. The lowest BCUT2D eigenvalue weighted by Gasteiger charge is -2.36. The van der Waals surface area contributed by atoms with Gasteiger partial charge >= 0.3 is 0 Å². The normalized spacial score (nSPS) is 11.8. The molecule has 5 heteroatoms. The number of hydrogen-bond acceptors (Lipinski definition) is 0. The highest BCUT2D eigenvalue weighted by Crippen LogP contribution is 2.48. The van der Waals surface area contributed by atoms with Gasteiger partial charge in [-0.15, -0.1) is 0 Å². The third-order valence-electron chi connectivity index (χ3n) is 5.92. The van der Waals surface area contributed by atoms with Crippen LogP contribution in [-0.4, -0.2) is 4.98 Å². The molecule has 32 heavy (non-hydrogen) atoms. The van der Waals surface area contributed by atoms with E-state index >= 15 is 4.39 Å². The van der Waals surface area contributed by atoms with Crippen LogP contribution in [0.2, 0.25) is 0 Å². The van der Waals surface area contributed by atoms with Crippen LogP contribution in [-0.2, 0) is 5.41 Å². The molecule has 158 valence electrons. The summed E-state index contributed by atoms with van der Waals surface area (Å²) in [6, 6.07) is 28.0. The summed E-state index contributed by atoms with van der Waals surface area (Å²) in [5, 5.41) is -0.321. The van der Waals surface area contributed by atoms with Crippen molar-refractivity contribution >= 4 is 10.9 Å². The molecular weight excluding hydrogens is 414 g/mol. The third-order valence-corrected chi connectivity index (χ3v) is 5.92. The number of nitrogens with one attached hydrogen (secondary N) is 1. The molecule has 0 atom stereocenters. The molecule has 1 N–H and O–H groups in total. The van der Waals surface area contributed by atoms with E-state index in [2.05, 4.69) is 4.98 Å². The van der Waals surface area contributed by atoms with Gasteiger partial charge in [0, 0.05) is 11.6 Å². The van der Waals surface area contributed by atoms with Crippen molar-refractivity contribution in [2.45, 2.75) is 5.41 Å². The molecule has 0 bridgehead atoms. The number of aromatic nitrogens is 1. The summed E-state index contributed by atoms with van der Waals surface area (Å²) >= 11 is 0. The molecule has 0 saturated heterocycles. The van der Waals surface area contributed by atoms with Crippen molar-refractivity contribution in [1.29, 1.82) is 0 Å². The minimum atomic E-state index is -1.84. The molecule has 0 aliphatic heterocycles. The Balaban J connectivity index is 2.02. The highest BCUT2D eigenvalue weighted by atomic mass is 19.2. The molecule has 0 spiro atoms. The average molecular weight is 431 g/mol. The Kier molecular flexibility index (Phi) is 4.82. The second kappa shape index (κ2) is 7.68. The van der Waals surface area contributed by atoms with Crippen molar-refractivity contribution < 1.29 is 17.6 Å². The first-order valence-corrected chi connectivity index (χ1v) is 10.1. The van der Waals surface area contributed by atoms with E-state index in [1.54, 1.807) is 0 Å². The fourth-order valence-corrected chi connectivity index (χ4v) is 4.56. The van der Waals surface area contributed by atoms with Crippen LogP contribution in [0.15, 0.2) is 97.2 Å². The number of benzene rings is 4. The number of rotatable bonds is 4. The summed E-state index contributed by atoms with van der Waals surface area (Å²) in [6.07, 6.45) is 1.43. The summed E-state index contributed by atoms with van der Waals surface area (Å²) in [6.45, 7) is 0. The lowest BCUT2D eigenvalue weighted by molar-refractivity contribution is 0.417. The minimum Gasteiger partial charge on any atom is -0.358 e. The molecule has 0 amide bonds. The molecule has 0 saturated carbocycles. The Morgan fingerprint density at radius 2 is 0.906 bits per heavy atom. The molecule has 1 nitrogen and oxygen atoms in total. The first kappa shape index (κ1) is 20.1. The largest absolute Gasteiger partial charge is 0.358 e. The van der Waals surface area contributed by atoms with Gasteiger partial charge in [0.05, 0.1) is 10.9 Å². The van der Waals surface area contributed by atoms with Crippen LogP contribution in [0.1, 0.15) is 22.3 Å². The Bertz CT molecular complexity index is 1300. The Labute approximate surface area is 182 Å². The SMILES string of the molecule is Fc1c(F)c(F)c2c(C(c3ccccc3)(c3ccccc3)c3ccccc3)c[nH]c2c1F. The van der Waals surface area contributed by atoms with Crippen molar-refractivity contribution in [3.8, 4) is 0 Å². The van der Waals surface area contributed by atoms with Gasteiger partial charge in [-0.2, -0.15) is 0 Å². The van der Waals surface area contributed by atoms with Gasteiger partial charge in [-0.25, -0.2) is 17.6 Å². The second-order valence-corrected chi connectivity index (χ2v) is 7.56. The maximum Gasteiger partial charge on any atom is 0.199 e. The number of aromatic amines is 1. The van der Waals surface area contributed by atoms with E-state index in [0.717, 1.165) is 16.7 Å². The van der Waals surface area contributed by atoms with Gasteiger partial charge < -0.3 is 4.98 Å². The first-order chi connectivity index (χ1) is 15.6. The lowest BCUT2D eigenvalue weighted by Crippen LogP contribution is -2.31. The van der Waals surface area contributed by atoms with Gasteiger partial charge in [-0.3, -0.25) is 0 Å². The van der Waals surface area contributed by atoms with Crippen LogP contribution in [0.4, 0.5) is 17.6 Å². The molecule has 5 rings (SSSR count). The van der Waals surface area contributed by atoms with Crippen LogP contribution in [0, 0.1) is 23.3 Å². The monoisotopic (exact) mass is 431 g/mol. The Hall–Kier alpha value is -3.86. The van der Waals surface area contributed by atoms with Crippen LogP contribution in [0.3, 0.4) is 0 Å². The van der Waals surface area contributed by atoms with Gasteiger partial charge in [0.2, 0.25) is 0 Å². The molecule has 0 aliphatic carbocycles. The maximum atomic E-state index is 15.2. The molecule has 0 radical (unpaired) electrons. The van der Waals surface area contributed by atoms with Crippen molar-refractivity contribution in [1.82, 2.24) is 4.98 Å². The summed E-state index contributed by atoms with van der Waals surface area (Å²) < 4.78 is 58.2. The molecular formula is C27H17F4N. The zero-order chi connectivity index (χ0) is 22.3. The number of fused-ring (bicyclic) bond motifs is 1. The zero-order valence-electron chi connectivity index (χ0n) is 16.7. The van der Waals surface area contributed by atoms with Gasteiger partial charge in [0.1, 0.15) is 0 Å². The van der Waals surface area contributed by atoms with E-state index in [0.29, 0.717) is 0 Å². The molecule has 0 unspecified atom stereocenters.